The number of aryl methyl sites for hydroxylation is 1. The van der Waals surface area contributed by atoms with Gasteiger partial charge in [-0.2, -0.15) is 5.10 Å². The predicted octanol–water partition coefficient (Wildman–Crippen LogP) is 1.30. The molecule has 2 fully saturated rings. The van der Waals surface area contributed by atoms with Crippen molar-refractivity contribution in [3.8, 4) is 0 Å². The average Bonchev–Trinajstić information content (AvgIpc) is 3.07. The van der Waals surface area contributed by atoms with Crippen LogP contribution in [-0.4, -0.2) is 82.0 Å². The third kappa shape index (κ3) is 3.40. The van der Waals surface area contributed by atoms with Gasteiger partial charge in [0.1, 0.15) is 0 Å². The average molecular weight is 359 g/mol. The number of likely N-dealkylation sites (N-methyl/N-ethyl adjacent to an activating group) is 1. The van der Waals surface area contributed by atoms with E-state index in [2.05, 4.69) is 28.7 Å². The van der Waals surface area contributed by atoms with Gasteiger partial charge >= 0.3 is 0 Å². The van der Waals surface area contributed by atoms with Crippen molar-refractivity contribution in [2.24, 2.45) is 0 Å². The number of carbonyl (C=O) groups excluding carboxylic acids is 2. The van der Waals surface area contributed by atoms with E-state index in [1.165, 1.54) is 0 Å². The molecule has 3 rings (SSSR count). The largest absolute Gasteiger partial charge is 0.339 e. The van der Waals surface area contributed by atoms with Gasteiger partial charge in [-0.05, 0) is 26.3 Å². The molecule has 2 aliphatic rings. The summed E-state index contributed by atoms with van der Waals surface area (Å²) in [6.45, 7) is 9.26. The topological polar surface area (TPSA) is 72.5 Å². The Labute approximate surface area is 155 Å². The van der Waals surface area contributed by atoms with E-state index < -0.39 is 0 Å². The monoisotopic (exact) mass is 359 g/mol. The van der Waals surface area contributed by atoms with E-state index >= 15 is 0 Å². The number of likely N-dealkylation sites (tertiary alicyclic amines) is 1. The Morgan fingerprint density at radius 1 is 1.38 bits per heavy atom. The number of carbonyl (C=O) groups is 2. The molecule has 1 N–H and O–H groups in total. The first-order valence-electron chi connectivity index (χ1n) is 9.42. The highest BCUT2D eigenvalue weighted by molar-refractivity contribution is 5.95. The quantitative estimate of drug-likeness (QED) is 0.823. The summed E-state index contributed by atoms with van der Waals surface area (Å²) < 4.78 is 0. The van der Waals surface area contributed by atoms with Gasteiger partial charge in [0.15, 0.2) is 0 Å². The van der Waals surface area contributed by atoms with Gasteiger partial charge in [0, 0.05) is 50.4 Å². The van der Waals surface area contributed by atoms with Gasteiger partial charge in [-0.3, -0.25) is 19.6 Å². The van der Waals surface area contributed by atoms with Crippen LogP contribution in [-0.2, 0) is 11.2 Å². The number of piperazine rings is 1. The van der Waals surface area contributed by atoms with Crippen LogP contribution in [0.1, 0.15) is 42.2 Å². The SMILES string of the molecule is C=CCN1CC[C@@]2(CCC1=O)CN(C(=O)c1cn[nH]c1CC)CCN2C. The minimum atomic E-state index is -0.143. The molecule has 0 aromatic carbocycles. The minimum Gasteiger partial charge on any atom is -0.339 e. The lowest BCUT2D eigenvalue weighted by molar-refractivity contribution is -0.130. The first-order valence-corrected chi connectivity index (χ1v) is 9.42. The molecule has 3 heterocycles. The molecule has 0 bridgehead atoms. The van der Waals surface area contributed by atoms with Gasteiger partial charge in [-0.1, -0.05) is 13.0 Å². The molecule has 2 amide bonds. The Balaban J connectivity index is 1.78. The van der Waals surface area contributed by atoms with Gasteiger partial charge in [0.2, 0.25) is 5.91 Å². The smallest absolute Gasteiger partial charge is 0.257 e. The standard InChI is InChI=1S/C19H29N5O2/c1-4-9-23-10-8-19(7-6-17(23)25)14-24(12-11-22(19)3)18(26)15-13-20-21-16(15)5-2/h4,13H,1,5-12,14H2,2-3H3,(H,20,21)/t19-/m0/s1. The molecule has 1 aromatic rings. The fraction of sp³-hybridized carbons (Fsp3) is 0.632. The van der Waals surface area contributed by atoms with Crippen LogP contribution >= 0.6 is 0 Å². The van der Waals surface area contributed by atoms with E-state index in [4.69, 9.17) is 0 Å². The van der Waals surface area contributed by atoms with Crippen LogP contribution in [0.2, 0.25) is 0 Å². The summed E-state index contributed by atoms with van der Waals surface area (Å²) in [5.74, 6) is 0.225. The zero-order valence-corrected chi connectivity index (χ0v) is 15.8. The maximum absolute atomic E-state index is 13.0. The summed E-state index contributed by atoms with van der Waals surface area (Å²) in [7, 11) is 2.12. The van der Waals surface area contributed by atoms with Gasteiger partial charge in [0.25, 0.3) is 5.91 Å². The molecule has 0 saturated carbocycles. The van der Waals surface area contributed by atoms with Crippen LogP contribution in [0.3, 0.4) is 0 Å². The van der Waals surface area contributed by atoms with Crippen molar-refractivity contribution < 1.29 is 9.59 Å². The van der Waals surface area contributed by atoms with E-state index in [1.54, 1.807) is 12.3 Å². The second-order valence-corrected chi connectivity index (χ2v) is 7.37. The van der Waals surface area contributed by atoms with Crippen molar-refractivity contribution in [3.63, 3.8) is 0 Å². The summed E-state index contributed by atoms with van der Waals surface area (Å²) in [5, 5.41) is 6.96. The van der Waals surface area contributed by atoms with E-state index in [0.29, 0.717) is 38.2 Å². The van der Waals surface area contributed by atoms with Crippen LogP contribution in [0, 0.1) is 0 Å². The third-order valence-corrected chi connectivity index (χ3v) is 5.94. The van der Waals surface area contributed by atoms with Crippen molar-refractivity contribution in [2.75, 3.05) is 39.8 Å². The van der Waals surface area contributed by atoms with Crippen LogP contribution < -0.4 is 0 Å². The number of amides is 2. The lowest BCUT2D eigenvalue weighted by Crippen LogP contribution is -2.62. The van der Waals surface area contributed by atoms with Gasteiger partial charge < -0.3 is 9.80 Å². The Hall–Kier alpha value is -2.15. The molecule has 1 atom stereocenters. The highest BCUT2D eigenvalue weighted by Crippen LogP contribution is 2.32. The lowest BCUT2D eigenvalue weighted by Gasteiger charge is -2.49. The summed E-state index contributed by atoms with van der Waals surface area (Å²) in [6, 6.07) is 0. The van der Waals surface area contributed by atoms with Gasteiger partial charge in [0.05, 0.1) is 11.8 Å². The second kappa shape index (κ2) is 7.61. The van der Waals surface area contributed by atoms with Crippen LogP contribution in [0.4, 0.5) is 0 Å². The number of hydrogen-bond acceptors (Lipinski definition) is 4. The van der Waals surface area contributed by atoms with Crippen molar-refractivity contribution in [2.45, 2.75) is 38.1 Å². The Morgan fingerprint density at radius 3 is 2.92 bits per heavy atom. The third-order valence-electron chi connectivity index (χ3n) is 5.94. The van der Waals surface area contributed by atoms with Crippen molar-refractivity contribution >= 4 is 11.8 Å². The first-order chi connectivity index (χ1) is 12.5. The molecule has 7 nitrogen and oxygen atoms in total. The molecule has 26 heavy (non-hydrogen) atoms. The Bertz CT molecular complexity index is 685. The molecule has 2 saturated heterocycles. The fourth-order valence-electron chi connectivity index (χ4n) is 4.15. The van der Waals surface area contributed by atoms with Gasteiger partial charge in [-0.25, -0.2) is 0 Å². The van der Waals surface area contributed by atoms with Gasteiger partial charge in [-0.15, -0.1) is 6.58 Å². The maximum atomic E-state index is 13.0. The van der Waals surface area contributed by atoms with Crippen molar-refractivity contribution in [3.05, 3.63) is 30.1 Å². The number of nitrogens with zero attached hydrogens (tertiary/aromatic N) is 4. The number of hydrogen-bond donors (Lipinski definition) is 1. The summed E-state index contributed by atoms with van der Waals surface area (Å²) in [4.78, 5) is 31.6. The first kappa shape index (κ1) is 18.6. The fourth-order valence-corrected chi connectivity index (χ4v) is 4.15. The van der Waals surface area contributed by atoms with Crippen LogP contribution in [0.5, 0.6) is 0 Å². The summed E-state index contributed by atoms with van der Waals surface area (Å²) in [5.41, 5.74) is 1.41. The van der Waals surface area contributed by atoms with Crippen molar-refractivity contribution in [1.82, 2.24) is 24.9 Å². The molecule has 1 spiro atoms. The molecule has 2 aliphatic heterocycles. The van der Waals surface area contributed by atoms with Crippen LogP contribution in [0.25, 0.3) is 0 Å². The lowest BCUT2D eigenvalue weighted by atomic mass is 9.86. The number of aromatic nitrogens is 2. The predicted molar refractivity (Wildman–Crippen MR) is 99.9 cm³/mol. The molecular weight excluding hydrogens is 330 g/mol. The normalized spacial score (nSPS) is 24.8. The Kier molecular flexibility index (Phi) is 5.46. The molecule has 0 unspecified atom stereocenters. The zero-order chi connectivity index (χ0) is 18.7. The minimum absolute atomic E-state index is 0.0431. The van der Waals surface area contributed by atoms with E-state index in [1.807, 2.05) is 16.7 Å². The number of nitrogens with one attached hydrogen (secondary N) is 1. The summed E-state index contributed by atoms with van der Waals surface area (Å²) in [6.07, 6.45) is 6.35. The molecule has 1 aromatic heterocycles. The maximum Gasteiger partial charge on any atom is 0.257 e. The van der Waals surface area contributed by atoms with E-state index in [-0.39, 0.29) is 17.4 Å². The van der Waals surface area contributed by atoms with Crippen LogP contribution in [0.15, 0.2) is 18.9 Å². The Morgan fingerprint density at radius 2 is 2.19 bits per heavy atom. The molecular formula is C19H29N5O2. The molecule has 7 heteroatoms. The highest BCUT2D eigenvalue weighted by Gasteiger charge is 2.43. The number of rotatable bonds is 4. The number of aromatic amines is 1. The molecule has 142 valence electrons. The van der Waals surface area contributed by atoms with Crippen molar-refractivity contribution in [1.29, 1.82) is 0 Å². The molecule has 0 aliphatic carbocycles. The zero-order valence-electron chi connectivity index (χ0n) is 15.8. The highest BCUT2D eigenvalue weighted by atomic mass is 16.2. The van der Waals surface area contributed by atoms with E-state index in [0.717, 1.165) is 31.5 Å². The van der Waals surface area contributed by atoms with E-state index in [9.17, 15) is 9.59 Å². The summed E-state index contributed by atoms with van der Waals surface area (Å²) >= 11 is 0. The second-order valence-electron chi connectivity index (χ2n) is 7.37. The number of H-pyrrole nitrogens is 1. The molecule has 0 radical (unpaired) electrons.